The molecule has 0 saturated carbocycles. The minimum absolute atomic E-state index is 0.328. The first-order valence-corrected chi connectivity index (χ1v) is 5.56. The molecule has 0 aliphatic rings. The van der Waals surface area contributed by atoms with Gasteiger partial charge in [0.2, 0.25) is 0 Å². The number of likely N-dealkylation sites (N-methyl/N-ethyl adjacent to an activating group) is 1. The van der Waals surface area contributed by atoms with Crippen LogP contribution in [0.1, 0.15) is 40.0 Å². The Hall–Kier alpha value is -0.340. The molecule has 0 aliphatic heterocycles. The van der Waals surface area contributed by atoms with Crippen LogP contribution in [0.25, 0.3) is 0 Å². The molecule has 0 amide bonds. The van der Waals surface area contributed by atoms with Gasteiger partial charge in [-0.3, -0.25) is 0 Å². The van der Waals surface area contributed by atoms with Crippen molar-refractivity contribution in [1.82, 2.24) is 5.32 Å². The van der Waals surface area contributed by atoms with E-state index in [4.69, 9.17) is 4.74 Å². The van der Waals surface area contributed by atoms with Gasteiger partial charge in [-0.05, 0) is 32.7 Å². The van der Waals surface area contributed by atoms with Gasteiger partial charge in [-0.2, -0.15) is 0 Å². The third kappa shape index (κ3) is 5.40. The van der Waals surface area contributed by atoms with Crippen LogP contribution in [0.15, 0.2) is 12.2 Å². The summed E-state index contributed by atoms with van der Waals surface area (Å²) in [7, 11) is 1.79. The Morgan fingerprint density at radius 1 is 1.43 bits per heavy atom. The molecule has 1 N–H and O–H groups in total. The quantitative estimate of drug-likeness (QED) is 0.607. The van der Waals surface area contributed by atoms with Crippen LogP contribution in [-0.2, 0) is 4.74 Å². The third-order valence-corrected chi connectivity index (χ3v) is 2.50. The van der Waals surface area contributed by atoms with Crippen LogP contribution in [0, 0.1) is 0 Å². The van der Waals surface area contributed by atoms with Crippen molar-refractivity contribution in [3.8, 4) is 0 Å². The second-order valence-corrected chi connectivity index (χ2v) is 3.84. The van der Waals surface area contributed by atoms with Crippen LogP contribution in [-0.4, -0.2) is 25.8 Å². The molecule has 0 rings (SSSR count). The molecular formula is C12H25NO. The van der Waals surface area contributed by atoms with Gasteiger partial charge in [0.1, 0.15) is 0 Å². The van der Waals surface area contributed by atoms with Crippen molar-refractivity contribution in [2.24, 2.45) is 0 Å². The highest BCUT2D eigenvalue weighted by Gasteiger charge is 2.17. The number of rotatable bonds is 8. The minimum Gasteiger partial charge on any atom is -0.380 e. The van der Waals surface area contributed by atoms with Gasteiger partial charge in [0.25, 0.3) is 0 Å². The summed E-state index contributed by atoms with van der Waals surface area (Å²) in [6.07, 6.45) is 3.59. The summed E-state index contributed by atoms with van der Waals surface area (Å²) < 4.78 is 5.45. The zero-order chi connectivity index (χ0) is 11.0. The topological polar surface area (TPSA) is 21.3 Å². The van der Waals surface area contributed by atoms with Crippen LogP contribution < -0.4 is 5.32 Å². The van der Waals surface area contributed by atoms with E-state index < -0.39 is 0 Å². The van der Waals surface area contributed by atoms with Crippen molar-refractivity contribution >= 4 is 0 Å². The molecular weight excluding hydrogens is 174 g/mol. The van der Waals surface area contributed by atoms with Crippen LogP contribution in [0.2, 0.25) is 0 Å². The van der Waals surface area contributed by atoms with Gasteiger partial charge in [-0.25, -0.2) is 0 Å². The Balaban J connectivity index is 4.04. The van der Waals surface area contributed by atoms with E-state index in [0.29, 0.717) is 12.1 Å². The molecule has 0 aliphatic carbocycles. The Morgan fingerprint density at radius 2 is 2.07 bits per heavy atom. The minimum atomic E-state index is 0.328. The fraction of sp³-hybridized carbons (Fsp3) is 0.833. The van der Waals surface area contributed by atoms with Crippen LogP contribution >= 0.6 is 0 Å². The van der Waals surface area contributed by atoms with Crippen LogP contribution in [0.5, 0.6) is 0 Å². The van der Waals surface area contributed by atoms with Crippen molar-refractivity contribution in [3.63, 3.8) is 0 Å². The van der Waals surface area contributed by atoms with Gasteiger partial charge < -0.3 is 10.1 Å². The molecule has 2 atom stereocenters. The molecule has 84 valence electrons. The average Bonchev–Trinajstić information content (AvgIpc) is 2.15. The van der Waals surface area contributed by atoms with E-state index in [1.807, 2.05) is 0 Å². The largest absolute Gasteiger partial charge is 0.380 e. The predicted molar refractivity (Wildman–Crippen MR) is 62.6 cm³/mol. The summed E-state index contributed by atoms with van der Waals surface area (Å²) in [6.45, 7) is 11.3. The maximum Gasteiger partial charge on any atom is 0.0721 e. The average molecular weight is 199 g/mol. The molecule has 0 heterocycles. The maximum absolute atomic E-state index is 5.45. The molecule has 0 fully saturated rings. The fourth-order valence-electron chi connectivity index (χ4n) is 1.70. The van der Waals surface area contributed by atoms with Crippen LogP contribution in [0.3, 0.4) is 0 Å². The molecule has 2 nitrogen and oxygen atoms in total. The second-order valence-electron chi connectivity index (χ2n) is 3.84. The van der Waals surface area contributed by atoms with E-state index >= 15 is 0 Å². The lowest BCUT2D eigenvalue weighted by molar-refractivity contribution is 0.0631. The summed E-state index contributed by atoms with van der Waals surface area (Å²) in [4.78, 5) is 0. The van der Waals surface area contributed by atoms with Crippen molar-refractivity contribution in [2.45, 2.75) is 52.2 Å². The molecule has 2 unspecified atom stereocenters. The summed E-state index contributed by atoms with van der Waals surface area (Å²) in [5.41, 5.74) is 1.25. The lowest BCUT2D eigenvalue weighted by atomic mass is 10.0. The molecule has 14 heavy (non-hydrogen) atoms. The fourth-order valence-corrected chi connectivity index (χ4v) is 1.70. The molecule has 0 radical (unpaired) electrons. The highest BCUT2D eigenvalue weighted by atomic mass is 16.5. The van der Waals surface area contributed by atoms with Gasteiger partial charge >= 0.3 is 0 Å². The number of hydrogen-bond acceptors (Lipinski definition) is 2. The van der Waals surface area contributed by atoms with E-state index in [2.05, 4.69) is 32.7 Å². The Morgan fingerprint density at radius 3 is 2.43 bits per heavy atom. The Labute approximate surface area is 88.7 Å². The van der Waals surface area contributed by atoms with Crippen LogP contribution in [0.4, 0.5) is 0 Å². The smallest absolute Gasteiger partial charge is 0.0721 e. The first kappa shape index (κ1) is 13.7. The van der Waals surface area contributed by atoms with Crippen molar-refractivity contribution < 1.29 is 4.74 Å². The van der Waals surface area contributed by atoms with Gasteiger partial charge in [0, 0.05) is 13.2 Å². The zero-order valence-electron chi connectivity index (χ0n) is 10.1. The van der Waals surface area contributed by atoms with Gasteiger partial charge in [-0.1, -0.05) is 19.4 Å². The van der Waals surface area contributed by atoms with E-state index in [9.17, 15) is 0 Å². The van der Waals surface area contributed by atoms with Crippen molar-refractivity contribution in [2.75, 3.05) is 13.7 Å². The van der Waals surface area contributed by atoms with E-state index in [1.54, 1.807) is 7.11 Å². The molecule has 2 heteroatoms. The van der Waals surface area contributed by atoms with Gasteiger partial charge in [0.05, 0.1) is 6.10 Å². The molecule has 0 spiro atoms. The second kappa shape index (κ2) is 8.01. The standard InChI is InChI=1S/C12H25NO/c1-6-12(14-5)11(13-7-2)9-8-10(3)4/h11-13H,3,6-9H2,1-2,4-5H3. The van der Waals surface area contributed by atoms with Crippen molar-refractivity contribution in [3.05, 3.63) is 12.2 Å². The summed E-state index contributed by atoms with van der Waals surface area (Å²) in [5, 5.41) is 3.47. The molecule has 0 aromatic heterocycles. The van der Waals surface area contributed by atoms with Gasteiger partial charge in [-0.15, -0.1) is 6.58 Å². The van der Waals surface area contributed by atoms with E-state index in [1.165, 1.54) is 5.57 Å². The number of ether oxygens (including phenoxy) is 1. The van der Waals surface area contributed by atoms with E-state index in [-0.39, 0.29) is 0 Å². The van der Waals surface area contributed by atoms with Crippen molar-refractivity contribution in [1.29, 1.82) is 0 Å². The van der Waals surface area contributed by atoms with Gasteiger partial charge in [0.15, 0.2) is 0 Å². The Bertz CT molecular complexity index is 152. The SMILES string of the molecule is C=C(C)CCC(NCC)C(CC)OC. The molecule has 0 saturated heterocycles. The molecule has 0 aromatic carbocycles. The van der Waals surface area contributed by atoms with E-state index in [0.717, 1.165) is 25.8 Å². The molecule has 0 aromatic rings. The normalized spacial score (nSPS) is 15.1. The number of allylic oxidation sites excluding steroid dienone is 1. The first-order valence-electron chi connectivity index (χ1n) is 5.56. The number of methoxy groups -OCH3 is 1. The number of nitrogens with one attached hydrogen (secondary N) is 1. The zero-order valence-corrected chi connectivity index (χ0v) is 10.1. The Kier molecular flexibility index (Phi) is 7.81. The number of hydrogen-bond donors (Lipinski definition) is 1. The lowest BCUT2D eigenvalue weighted by Crippen LogP contribution is -2.40. The molecule has 0 bridgehead atoms. The summed E-state index contributed by atoms with van der Waals surface area (Å²) in [5.74, 6) is 0. The first-order chi connectivity index (χ1) is 6.65. The highest BCUT2D eigenvalue weighted by molar-refractivity contribution is 4.90. The monoisotopic (exact) mass is 199 g/mol. The highest BCUT2D eigenvalue weighted by Crippen LogP contribution is 2.12. The predicted octanol–water partition coefficient (Wildman–Crippen LogP) is 2.75. The third-order valence-electron chi connectivity index (χ3n) is 2.50. The lowest BCUT2D eigenvalue weighted by Gasteiger charge is -2.25. The summed E-state index contributed by atoms with van der Waals surface area (Å²) in [6, 6.07) is 0.465. The maximum atomic E-state index is 5.45. The summed E-state index contributed by atoms with van der Waals surface area (Å²) >= 11 is 0.